The summed E-state index contributed by atoms with van der Waals surface area (Å²) in [6, 6.07) is 1.89. The number of nitrogens with two attached hydrogens (primary N) is 1. The SMILES string of the molecule is C[C@@H]1S[C@@H](CO)O[C@H]1n1ccc2c(N)ncnc21. The number of nitrogens with zero attached hydrogens (tertiary/aromatic N) is 3. The fraction of sp³-hybridized carbons (Fsp3) is 0.455. The Kier molecular flexibility index (Phi) is 2.89. The predicted molar refractivity (Wildman–Crippen MR) is 70.0 cm³/mol. The van der Waals surface area contributed by atoms with Crippen LogP contribution in [0, 0.1) is 0 Å². The molecule has 2 aromatic rings. The summed E-state index contributed by atoms with van der Waals surface area (Å²) in [6.07, 6.45) is 3.21. The molecule has 96 valence electrons. The van der Waals surface area contributed by atoms with Crippen LogP contribution in [-0.2, 0) is 4.74 Å². The quantitative estimate of drug-likeness (QED) is 0.842. The first-order valence-corrected chi connectivity index (χ1v) is 6.64. The topological polar surface area (TPSA) is 86.2 Å². The highest BCUT2D eigenvalue weighted by molar-refractivity contribution is 8.00. The van der Waals surface area contributed by atoms with Gasteiger partial charge in [-0.2, -0.15) is 0 Å². The van der Waals surface area contributed by atoms with Gasteiger partial charge in [0.05, 0.1) is 17.2 Å². The number of anilines is 1. The summed E-state index contributed by atoms with van der Waals surface area (Å²) in [5, 5.41) is 10.2. The number of aliphatic hydroxyl groups excluding tert-OH is 1. The number of thioether (sulfide) groups is 1. The van der Waals surface area contributed by atoms with Crippen LogP contribution in [0.1, 0.15) is 13.2 Å². The second-order valence-electron chi connectivity index (χ2n) is 4.20. The molecule has 0 spiro atoms. The number of aromatic nitrogens is 3. The number of hydrogen-bond acceptors (Lipinski definition) is 6. The third-order valence-electron chi connectivity index (χ3n) is 3.02. The Morgan fingerprint density at radius 1 is 1.56 bits per heavy atom. The summed E-state index contributed by atoms with van der Waals surface area (Å²) in [4.78, 5) is 8.22. The molecule has 1 saturated heterocycles. The van der Waals surface area contributed by atoms with Gasteiger partial charge in [0.2, 0.25) is 0 Å². The van der Waals surface area contributed by atoms with E-state index in [1.807, 2.05) is 16.8 Å². The molecule has 0 aromatic carbocycles. The van der Waals surface area contributed by atoms with Crippen LogP contribution in [0.5, 0.6) is 0 Å². The highest BCUT2D eigenvalue weighted by Crippen LogP contribution is 2.39. The van der Waals surface area contributed by atoms with E-state index in [9.17, 15) is 0 Å². The highest BCUT2D eigenvalue weighted by Gasteiger charge is 2.34. The molecule has 1 aliphatic heterocycles. The molecule has 3 heterocycles. The van der Waals surface area contributed by atoms with E-state index < -0.39 is 0 Å². The first-order valence-electron chi connectivity index (χ1n) is 5.69. The zero-order valence-electron chi connectivity index (χ0n) is 9.85. The van der Waals surface area contributed by atoms with Gasteiger partial charge in [-0.15, -0.1) is 11.8 Å². The average Bonchev–Trinajstić information content (AvgIpc) is 2.93. The van der Waals surface area contributed by atoms with Crippen LogP contribution in [0.3, 0.4) is 0 Å². The third-order valence-corrected chi connectivity index (χ3v) is 4.25. The molecule has 0 amide bonds. The second-order valence-corrected chi connectivity index (χ2v) is 5.74. The summed E-state index contributed by atoms with van der Waals surface area (Å²) < 4.78 is 7.74. The highest BCUT2D eigenvalue weighted by atomic mass is 32.2. The normalized spacial score (nSPS) is 28.0. The maximum absolute atomic E-state index is 9.16. The van der Waals surface area contributed by atoms with Gasteiger partial charge >= 0.3 is 0 Å². The lowest BCUT2D eigenvalue weighted by Gasteiger charge is -2.16. The van der Waals surface area contributed by atoms with Gasteiger partial charge in [-0.05, 0) is 13.0 Å². The van der Waals surface area contributed by atoms with Crippen LogP contribution in [0.15, 0.2) is 18.6 Å². The van der Waals surface area contributed by atoms with Gasteiger partial charge in [0, 0.05) is 6.20 Å². The monoisotopic (exact) mass is 266 g/mol. The van der Waals surface area contributed by atoms with Crippen LogP contribution in [0.2, 0.25) is 0 Å². The summed E-state index contributed by atoms with van der Waals surface area (Å²) in [7, 11) is 0. The van der Waals surface area contributed by atoms with Crippen LogP contribution in [-0.4, -0.2) is 36.9 Å². The smallest absolute Gasteiger partial charge is 0.148 e. The van der Waals surface area contributed by atoms with E-state index in [0.717, 1.165) is 11.0 Å². The van der Waals surface area contributed by atoms with E-state index in [1.165, 1.54) is 6.33 Å². The van der Waals surface area contributed by atoms with Crippen molar-refractivity contribution in [3.05, 3.63) is 18.6 Å². The summed E-state index contributed by atoms with van der Waals surface area (Å²) in [5.41, 5.74) is 6.39. The van der Waals surface area contributed by atoms with Crippen molar-refractivity contribution >= 4 is 28.6 Å². The van der Waals surface area contributed by atoms with Gasteiger partial charge in [0.25, 0.3) is 0 Å². The van der Waals surface area contributed by atoms with Crippen molar-refractivity contribution in [1.82, 2.24) is 14.5 Å². The van der Waals surface area contributed by atoms with Gasteiger partial charge in [-0.3, -0.25) is 0 Å². The second kappa shape index (κ2) is 4.42. The summed E-state index contributed by atoms with van der Waals surface area (Å²) in [6.45, 7) is 2.09. The largest absolute Gasteiger partial charge is 0.393 e. The van der Waals surface area contributed by atoms with E-state index in [4.69, 9.17) is 15.6 Å². The molecule has 3 N–H and O–H groups in total. The zero-order valence-corrected chi connectivity index (χ0v) is 10.7. The molecule has 1 aliphatic rings. The fourth-order valence-corrected chi connectivity index (χ4v) is 3.25. The molecule has 3 rings (SSSR count). The Labute approximate surface area is 108 Å². The summed E-state index contributed by atoms with van der Waals surface area (Å²) >= 11 is 1.62. The van der Waals surface area contributed by atoms with Gasteiger partial charge in [0.15, 0.2) is 0 Å². The Hall–Kier alpha value is -1.31. The van der Waals surface area contributed by atoms with Crippen molar-refractivity contribution in [2.75, 3.05) is 12.3 Å². The van der Waals surface area contributed by atoms with Crippen molar-refractivity contribution in [3.8, 4) is 0 Å². The van der Waals surface area contributed by atoms with Crippen molar-refractivity contribution in [3.63, 3.8) is 0 Å². The van der Waals surface area contributed by atoms with E-state index >= 15 is 0 Å². The van der Waals surface area contributed by atoms with Crippen molar-refractivity contribution < 1.29 is 9.84 Å². The third kappa shape index (κ3) is 1.75. The number of hydrogen-bond donors (Lipinski definition) is 2. The minimum atomic E-state index is -0.179. The van der Waals surface area contributed by atoms with Crippen molar-refractivity contribution in [1.29, 1.82) is 0 Å². The van der Waals surface area contributed by atoms with E-state index in [0.29, 0.717) is 5.82 Å². The number of fused-ring (bicyclic) bond motifs is 1. The lowest BCUT2D eigenvalue weighted by atomic mass is 10.4. The number of nitrogen functional groups attached to an aromatic ring is 1. The molecular weight excluding hydrogens is 252 g/mol. The molecule has 2 aromatic heterocycles. The minimum Gasteiger partial charge on any atom is -0.393 e. The first kappa shape index (κ1) is 11.8. The molecule has 0 aliphatic carbocycles. The molecule has 0 unspecified atom stereocenters. The van der Waals surface area contributed by atoms with Gasteiger partial charge in [0.1, 0.15) is 29.5 Å². The number of rotatable bonds is 2. The molecule has 1 fully saturated rings. The maximum atomic E-state index is 9.16. The van der Waals surface area contributed by atoms with E-state index in [-0.39, 0.29) is 23.5 Å². The average molecular weight is 266 g/mol. The Bertz CT molecular complexity index is 573. The van der Waals surface area contributed by atoms with Gasteiger partial charge in [-0.25, -0.2) is 9.97 Å². The maximum Gasteiger partial charge on any atom is 0.148 e. The minimum absolute atomic E-state index is 0.0157. The molecule has 0 radical (unpaired) electrons. The van der Waals surface area contributed by atoms with Crippen LogP contribution in [0.4, 0.5) is 5.82 Å². The standard InChI is InChI=1S/C11H14N4O2S/c1-6-11(17-8(4-16)18-6)15-3-2-7-9(12)13-5-14-10(7)15/h2-3,5-6,8,11,16H,4H2,1H3,(H2,12,13,14)/t6-,8-,11+/m0/s1. The molecule has 7 heteroatoms. The number of aliphatic hydroxyl groups is 1. The molecular formula is C11H14N4O2S. The summed E-state index contributed by atoms with van der Waals surface area (Å²) in [5.74, 6) is 0.468. The van der Waals surface area contributed by atoms with Crippen molar-refractivity contribution in [2.45, 2.75) is 23.8 Å². The van der Waals surface area contributed by atoms with Crippen molar-refractivity contribution in [2.24, 2.45) is 0 Å². The fourth-order valence-electron chi connectivity index (χ4n) is 2.18. The Balaban J connectivity index is 2.02. The zero-order chi connectivity index (χ0) is 12.7. The Morgan fingerprint density at radius 2 is 2.39 bits per heavy atom. The van der Waals surface area contributed by atoms with E-state index in [2.05, 4.69) is 16.9 Å². The molecule has 18 heavy (non-hydrogen) atoms. The lowest BCUT2D eigenvalue weighted by Crippen LogP contribution is -2.17. The Morgan fingerprint density at radius 3 is 3.11 bits per heavy atom. The van der Waals surface area contributed by atoms with Gasteiger partial charge < -0.3 is 20.1 Å². The van der Waals surface area contributed by atoms with Gasteiger partial charge in [-0.1, -0.05) is 0 Å². The molecule has 3 atom stereocenters. The molecule has 6 nitrogen and oxygen atoms in total. The first-order chi connectivity index (χ1) is 8.70. The van der Waals surface area contributed by atoms with Crippen LogP contribution >= 0.6 is 11.8 Å². The van der Waals surface area contributed by atoms with Crippen LogP contribution in [0.25, 0.3) is 11.0 Å². The lowest BCUT2D eigenvalue weighted by molar-refractivity contribution is -0.0118. The number of ether oxygens (including phenoxy) is 1. The molecule has 0 saturated carbocycles. The van der Waals surface area contributed by atoms with E-state index in [1.54, 1.807) is 11.8 Å². The molecule has 0 bridgehead atoms. The predicted octanol–water partition coefficient (Wildman–Crippen LogP) is 0.982. The van der Waals surface area contributed by atoms with Crippen LogP contribution < -0.4 is 5.73 Å².